The van der Waals surface area contributed by atoms with Crippen molar-refractivity contribution in [1.29, 1.82) is 0 Å². The largest absolute Gasteiger partial charge is 0.349 e. The van der Waals surface area contributed by atoms with Crippen molar-refractivity contribution >= 4 is 17.2 Å². The number of hydrogen-bond donors (Lipinski definition) is 1. The summed E-state index contributed by atoms with van der Waals surface area (Å²) in [6.07, 6.45) is 4.98. The molecule has 24 heavy (non-hydrogen) atoms. The molecule has 2 aromatic heterocycles. The molecule has 0 saturated carbocycles. The van der Waals surface area contributed by atoms with Gasteiger partial charge in [-0.1, -0.05) is 0 Å². The fourth-order valence-electron chi connectivity index (χ4n) is 2.62. The van der Waals surface area contributed by atoms with Gasteiger partial charge in [0.25, 0.3) is 0 Å². The molecule has 0 bridgehead atoms. The average molecular weight is 346 g/mol. The molecule has 3 rings (SSSR count). The number of thiazole rings is 1. The van der Waals surface area contributed by atoms with Gasteiger partial charge in [-0.05, 0) is 14.0 Å². The van der Waals surface area contributed by atoms with Crippen molar-refractivity contribution in [2.45, 2.75) is 19.5 Å². The third-order valence-electron chi connectivity index (χ3n) is 4.24. The summed E-state index contributed by atoms with van der Waals surface area (Å²) >= 11 is 1.51. The Bertz CT molecular complexity index is 668. The zero-order chi connectivity index (χ0) is 16.9. The fourth-order valence-corrected chi connectivity index (χ4v) is 3.40. The van der Waals surface area contributed by atoms with Crippen LogP contribution in [-0.2, 0) is 11.3 Å². The Hall–Kier alpha value is -1.90. The van der Waals surface area contributed by atoms with E-state index in [9.17, 15) is 4.79 Å². The van der Waals surface area contributed by atoms with E-state index in [1.54, 1.807) is 18.6 Å². The number of nitrogens with one attached hydrogen (secondary N) is 1. The molecule has 128 valence electrons. The Morgan fingerprint density at radius 1 is 1.33 bits per heavy atom. The highest BCUT2D eigenvalue weighted by Crippen LogP contribution is 2.20. The first-order valence-corrected chi connectivity index (χ1v) is 8.92. The predicted molar refractivity (Wildman–Crippen MR) is 93.5 cm³/mol. The number of likely N-dealkylation sites (N-methyl/N-ethyl adjacent to an activating group) is 1. The molecular weight excluding hydrogens is 324 g/mol. The van der Waals surface area contributed by atoms with Gasteiger partial charge in [-0.25, -0.2) is 4.98 Å². The van der Waals surface area contributed by atoms with Gasteiger partial charge in [0.05, 0.1) is 24.5 Å². The fraction of sp³-hybridized carbons (Fsp3) is 0.500. The summed E-state index contributed by atoms with van der Waals surface area (Å²) in [4.78, 5) is 29.7. The lowest BCUT2D eigenvalue weighted by molar-refractivity contribution is -0.126. The Kier molecular flexibility index (Phi) is 5.49. The number of nitrogens with zero attached hydrogens (tertiary/aromatic N) is 5. The second-order valence-electron chi connectivity index (χ2n) is 5.97. The van der Waals surface area contributed by atoms with E-state index in [0.29, 0.717) is 6.54 Å². The highest BCUT2D eigenvalue weighted by atomic mass is 32.1. The second kappa shape index (κ2) is 7.78. The molecule has 1 N–H and O–H groups in total. The SMILES string of the molecule is CC(C(=O)NCc1csc(-c2cnccn2)n1)N1CCN(C)CC1. The molecule has 3 heterocycles. The lowest BCUT2D eigenvalue weighted by Gasteiger charge is -2.35. The van der Waals surface area contributed by atoms with Crippen LogP contribution in [0.1, 0.15) is 12.6 Å². The third-order valence-corrected chi connectivity index (χ3v) is 5.16. The number of piperazine rings is 1. The molecule has 1 saturated heterocycles. The minimum absolute atomic E-state index is 0.0496. The summed E-state index contributed by atoms with van der Waals surface area (Å²) in [5.74, 6) is 0.0496. The van der Waals surface area contributed by atoms with Crippen molar-refractivity contribution in [2.24, 2.45) is 0 Å². The topological polar surface area (TPSA) is 74.2 Å². The average Bonchev–Trinajstić information content (AvgIpc) is 3.09. The van der Waals surface area contributed by atoms with Crippen LogP contribution in [0.3, 0.4) is 0 Å². The molecule has 0 aliphatic carbocycles. The normalized spacial score (nSPS) is 17.6. The Morgan fingerprint density at radius 3 is 2.83 bits per heavy atom. The highest BCUT2D eigenvalue weighted by Gasteiger charge is 2.24. The van der Waals surface area contributed by atoms with Crippen molar-refractivity contribution in [3.63, 3.8) is 0 Å². The summed E-state index contributed by atoms with van der Waals surface area (Å²) in [6, 6.07) is -0.114. The molecular formula is C16H22N6OS. The summed E-state index contributed by atoms with van der Waals surface area (Å²) in [5.41, 5.74) is 1.60. The summed E-state index contributed by atoms with van der Waals surface area (Å²) in [5, 5.41) is 5.75. The second-order valence-corrected chi connectivity index (χ2v) is 6.83. The number of carbonyl (C=O) groups is 1. The molecule has 0 radical (unpaired) electrons. The summed E-state index contributed by atoms with van der Waals surface area (Å²) < 4.78 is 0. The van der Waals surface area contributed by atoms with Gasteiger partial charge in [-0.2, -0.15) is 0 Å². The van der Waals surface area contributed by atoms with E-state index < -0.39 is 0 Å². The summed E-state index contributed by atoms with van der Waals surface area (Å²) in [6.45, 7) is 6.27. The van der Waals surface area contributed by atoms with Gasteiger partial charge < -0.3 is 10.2 Å². The van der Waals surface area contributed by atoms with Gasteiger partial charge in [0, 0.05) is 44.0 Å². The van der Waals surface area contributed by atoms with Crippen LogP contribution in [0.4, 0.5) is 0 Å². The van der Waals surface area contributed by atoms with Crippen molar-refractivity contribution < 1.29 is 4.79 Å². The predicted octanol–water partition coefficient (Wildman–Crippen LogP) is 0.852. The molecule has 1 amide bonds. The Morgan fingerprint density at radius 2 is 2.12 bits per heavy atom. The first kappa shape index (κ1) is 16.9. The van der Waals surface area contributed by atoms with E-state index in [-0.39, 0.29) is 11.9 Å². The third kappa shape index (κ3) is 4.14. The van der Waals surface area contributed by atoms with Crippen LogP contribution in [0.25, 0.3) is 10.7 Å². The van der Waals surface area contributed by atoms with E-state index >= 15 is 0 Å². The maximum atomic E-state index is 12.4. The number of aromatic nitrogens is 3. The Labute approximate surface area is 145 Å². The van der Waals surface area contributed by atoms with E-state index in [1.807, 2.05) is 12.3 Å². The van der Waals surface area contributed by atoms with Gasteiger partial charge in [0.2, 0.25) is 5.91 Å². The maximum absolute atomic E-state index is 12.4. The summed E-state index contributed by atoms with van der Waals surface area (Å²) in [7, 11) is 2.11. The molecule has 7 nitrogen and oxygen atoms in total. The molecule has 1 unspecified atom stereocenters. The van der Waals surface area contributed by atoms with Gasteiger partial charge in [-0.3, -0.25) is 19.7 Å². The number of carbonyl (C=O) groups excluding carboxylic acids is 1. The van der Waals surface area contributed by atoms with Crippen LogP contribution < -0.4 is 5.32 Å². The van der Waals surface area contributed by atoms with Crippen LogP contribution in [0.15, 0.2) is 24.0 Å². The lowest BCUT2D eigenvalue weighted by atomic mass is 10.2. The van der Waals surface area contributed by atoms with Crippen LogP contribution in [0.5, 0.6) is 0 Å². The van der Waals surface area contributed by atoms with Gasteiger partial charge in [0.1, 0.15) is 10.7 Å². The molecule has 8 heteroatoms. The molecule has 0 spiro atoms. The van der Waals surface area contributed by atoms with Crippen LogP contribution in [0.2, 0.25) is 0 Å². The van der Waals surface area contributed by atoms with Crippen molar-refractivity contribution in [2.75, 3.05) is 33.2 Å². The quantitative estimate of drug-likeness (QED) is 0.865. The monoisotopic (exact) mass is 346 g/mol. The minimum Gasteiger partial charge on any atom is -0.349 e. The Balaban J connectivity index is 1.52. The van der Waals surface area contributed by atoms with Crippen molar-refractivity contribution in [3.05, 3.63) is 29.7 Å². The smallest absolute Gasteiger partial charge is 0.237 e. The van der Waals surface area contributed by atoms with Crippen molar-refractivity contribution in [1.82, 2.24) is 30.1 Å². The minimum atomic E-state index is -0.114. The van der Waals surface area contributed by atoms with Crippen LogP contribution in [-0.4, -0.2) is 69.9 Å². The first-order valence-electron chi connectivity index (χ1n) is 8.04. The van der Waals surface area contributed by atoms with E-state index in [0.717, 1.165) is 42.6 Å². The van der Waals surface area contributed by atoms with Crippen LogP contribution in [0, 0.1) is 0 Å². The molecule has 1 fully saturated rings. The molecule has 1 aliphatic rings. The van der Waals surface area contributed by atoms with Gasteiger partial charge in [-0.15, -0.1) is 11.3 Å². The molecule has 0 aromatic carbocycles. The molecule has 1 aliphatic heterocycles. The molecule has 1 atom stereocenters. The highest BCUT2D eigenvalue weighted by molar-refractivity contribution is 7.13. The van der Waals surface area contributed by atoms with Crippen molar-refractivity contribution in [3.8, 4) is 10.7 Å². The number of amides is 1. The van der Waals surface area contributed by atoms with E-state index in [1.165, 1.54) is 11.3 Å². The zero-order valence-corrected chi connectivity index (χ0v) is 14.8. The lowest BCUT2D eigenvalue weighted by Crippen LogP contribution is -2.52. The van der Waals surface area contributed by atoms with Gasteiger partial charge >= 0.3 is 0 Å². The van der Waals surface area contributed by atoms with E-state index in [2.05, 4.69) is 37.1 Å². The van der Waals surface area contributed by atoms with Gasteiger partial charge in [0.15, 0.2) is 0 Å². The van der Waals surface area contributed by atoms with E-state index in [4.69, 9.17) is 0 Å². The standard InChI is InChI=1S/C16H22N6OS/c1-12(22-7-5-21(2)6-8-22)15(23)19-9-13-11-24-16(20-13)14-10-17-3-4-18-14/h3-4,10-12H,5-9H2,1-2H3,(H,19,23). The molecule has 2 aromatic rings. The van der Waals surface area contributed by atoms with Crippen LogP contribution >= 0.6 is 11.3 Å². The number of hydrogen-bond acceptors (Lipinski definition) is 7. The number of rotatable bonds is 5. The first-order chi connectivity index (χ1) is 11.6. The zero-order valence-electron chi connectivity index (χ0n) is 14.0. The maximum Gasteiger partial charge on any atom is 0.237 e.